The van der Waals surface area contributed by atoms with Gasteiger partial charge in [0.1, 0.15) is 0 Å². The highest BCUT2D eigenvalue weighted by molar-refractivity contribution is 7.13. The summed E-state index contributed by atoms with van der Waals surface area (Å²) >= 11 is 1.39. The van der Waals surface area contributed by atoms with Crippen LogP contribution in [0, 0.1) is 6.92 Å². The lowest BCUT2D eigenvalue weighted by atomic mass is 10.1. The second-order valence-electron chi connectivity index (χ2n) is 5.40. The van der Waals surface area contributed by atoms with Crippen molar-refractivity contribution >= 4 is 39.7 Å². The fourth-order valence-corrected chi connectivity index (χ4v) is 2.89. The summed E-state index contributed by atoms with van der Waals surface area (Å²) in [6.07, 6.45) is 0. The predicted molar refractivity (Wildman–Crippen MR) is 99.5 cm³/mol. The summed E-state index contributed by atoms with van der Waals surface area (Å²) in [5, 5.41) is 8.39. The van der Waals surface area contributed by atoms with E-state index in [0.29, 0.717) is 16.3 Å². The zero-order chi connectivity index (χ0) is 17.8. The molecule has 0 radical (unpaired) electrons. The minimum atomic E-state index is -0.479. The first-order valence-electron chi connectivity index (χ1n) is 7.52. The van der Waals surface area contributed by atoms with Crippen molar-refractivity contribution in [2.75, 3.05) is 10.6 Å². The Balaban J connectivity index is 1.68. The van der Waals surface area contributed by atoms with Gasteiger partial charge in [0.15, 0.2) is 5.13 Å². The number of rotatable bonds is 5. The fourth-order valence-electron chi connectivity index (χ4n) is 2.20. The summed E-state index contributed by atoms with van der Waals surface area (Å²) in [4.78, 5) is 27.6. The Morgan fingerprint density at radius 3 is 2.44 bits per heavy atom. The number of amides is 2. The van der Waals surface area contributed by atoms with Gasteiger partial charge in [0.2, 0.25) is 5.91 Å². The number of hydrogen-bond donors (Lipinski definition) is 3. The maximum absolute atomic E-state index is 12.2. The monoisotopic (exact) mass is 352 g/mol. The zero-order valence-corrected chi connectivity index (χ0v) is 14.3. The largest absolute Gasteiger partial charge is 0.366 e. The van der Waals surface area contributed by atoms with E-state index in [2.05, 4.69) is 15.6 Å². The van der Waals surface area contributed by atoms with E-state index in [-0.39, 0.29) is 5.91 Å². The lowest BCUT2D eigenvalue weighted by Crippen LogP contribution is -2.11. The van der Waals surface area contributed by atoms with Gasteiger partial charge in [-0.05, 0) is 49.4 Å². The molecule has 0 aliphatic heterocycles. The Labute approximate surface area is 148 Å². The molecule has 2 aromatic carbocycles. The average molecular weight is 352 g/mol. The van der Waals surface area contributed by atoms with Crippen LogP contribution in [-0.4, -0.2) is 16.8 Å². The Morgan fingerprint density at radius 2 is 1.80 bits per heavy atom. The average Bonchev–Trinajstić information content (AvgIpc) is 3.00. The van der Waals surface area contributed by atoms with Gasteiger partial charge in [-0.1, -0.05) is 6.07 Å². The minimum absolute atomic E-state index is 0.211. The van der Waals surface area contributed by atoms with Crippen molar-refractivity contribution in [3.63, 3.8) is 0 Å². The smallest absolute Gasteiger partial charge is 0.257 e. The maximum atomic E-state index is 12.2. The third-order valence-electron chi connectivity index (χ3n) is 3.42. The quantitative estimate of drug-likeness (QED) is 0.654. The number of thiazole rings is 1. The SMILES string of the molecule is Cc1csc(NC(=O)c2ccc(Nc3cccc(C(N)=O)c3)cc2)n1. The lowest BCUT2D eigenvalue weighted by Gasteiger charge is -2.08. The molecule has 6 nitrogen and oxygen atoms in total. The van der Waals surface area contributed by atoms with Crippen LogP contribution in [0.1, 0.15) is 26.4 Å². The van der Waals surface area contributed by atoms with E-state index in [1.807, 2.05) is 18.4 Å². The second kappa shape index (κ2) is 7.14. The van der Waals surface area contributed by atoms with Gasteiger partial charge in [-0.15, -0.1) is 11.3 Å². The van der Waals surface area contributed by atoms with E-state index >= 15 is 0 Å². The highest BCUT2D eigenvalue weighted by atomic mass is 32.1. The molecule has 1 heterocycles. The number of primary amides is 1. The first-order chi connectivity index (χ1) is 12.0. The molecule has 0 aliphatic carbocycles. The zero-order valence-electron chi connectivity index (χ0n) is 13.4. The normalized spacial score (nSPS) is 10.3. The van der Waals surface area contributed by atoms with Gasteiger partial charge in [-0.2, -0.15) is 0 Å². The van der Waals surface area contributed by atoms with Crippen molar-refractivity contribution in [1.29, 1.82) is 0 Å². The third kappa shape index (κ3) is 4.21. The van der Waals surface area contributed by atoms with Gasteiger partial charge in [-0.25, -0.2) is 4.98 Å². The molecule has 0 aliphatic rings. The molecule has 1 aromatic heterocycles. The summed E-state index contributed by atoms with van der Waals surface area (Å²) in [5.74, 6) is -0.690. The molecular weight excluding hydrogens is 336 g/mol. The number of aromatic nitrogens is 1. The summed E-state index contributed by atoms with van der Waals surface area (Å²) < 4.78 is 0. The topological polar surface area (TPSA) is 97.1 Å². The van der Waals surface area contributed by atoms with Crippen LogP contribution in [-0.2, 0) is 0 Å². The van der Waals surface area contributed by atoms with Crippen molar-refractivity contribution in [3.05, 3.63) is 70.7 Å². The molecule has 25 heavy (non-hydrogen) atoms. The van der Waals surface area contributed by atoms with Crippen LogP contribution < -0.4 is 16.4 Å². The first kappa shape index (κ1) is 16.7. The van der Waals surface area contributed by atoms with Gasteiger partial charge in [-0.3, -0.25) is 14.9 Å². The Hall–Kier alpha value is -3.19. The van der Waals surface area contributed by atoms with E-state index in [9.17, 15) is 9.59 Å². The maximum Gasteiger partial charge on any atom is 0.257 e. The van der Waals surface area contributed by atoms with Crippen LogP contribution in [0.3, 0.4) is 0 Å². The summed E-state index contributed by atoms with van der Waals surface area (Å²) in [6.45, 7) is 1.87. The highest BCUT2D eigenvalue weighted by Gasteiger charge is 2.08. The number of carbonyl (C=O) groups excluding carboxylic acids is 2. The van der Waals surface area contributed by atoms with Gasteiger partial charge in [0, 0.05) is 27.9 Å². The predicted octanol–water partition coefficient (Wildman–Crippen LogP) is 3.55. The second-order valence-corrected chi connectivity index (χ2v) is 6.25. The Bertz CT molecular complexity index is 919. The molecule has 0 saturated carbocycles. The molecule has 0 saturated heterocycles. The van der Waals surface area contributed by atoms with Crippen LogP contribution >= 0.6 is 11.3 Å². The van der Waals surface area contributed by atoms with Gasteiger partial charge in [0.05, 0.1) is 5.69 Å². The molecule has 0 unspecified atom stereocenters. The lowest BCUT2D eigenvalue weighted by molar-refractivity contribution is 0.0997. The first-order valence-corrected chi connectivity index (χ1v) is 8.40. The minimum Gasteiger partial charge on any atom is -0.366 e. The molecule has 4 N–H and O–H groups in total. The molecule has 0 fully saturated rings. The summed E-state index contributed by atoms with van der Waals surface area (Å²) in [7, 11) is 0. The molecule has 3 rings (SSSR count). The molecule has 0 atom stereocenters. The number of nitrogens with zero attached hydrogens (tertiary/aromatic N) is 1. The Morgan fingerprint density at radius 1 is 1.04 bits per heavy atom. The number of carbonyl (C=O) groups is 2. The van der Waals surface area contributed by atoms with Gasteiger partial charge in [0.25, 0.3) is 5.91 Å². The van der Waals surface area contributed by atoms with E-state index in [4.69, 9.17) is 5.73 Å². The molecule has 3 aromatic rings. The molecule has 0 bridgehead atoms. The van der Waals surface area contributed by atoms with Crippen molar-refractivity contribution in [1.82, 2.24) is 4.98 Å². The number of benzene rings is 2. The Kier molecular flexibility index (Phi) is 4.76. The van der Waals surface area contributed by atoms with Crippen LogP contribution in [0.4, 0.5) is 16.5 Å². The van der Waals surface area contributed by atoms with E-state index in [1.54, 1.807) is 42.5 Å². The fraction of sp³-hybridized carbons (Fsp3) is 0.0556. The summed E-state index contributed by atoms with van der Waals surface area (Å²) in [6, 6.07) is 13.9. The molecule has 0 spiro atoms. The number of aryl methyl sites for hydroxylation is 1. The third-order valence-corrected chi connectivity index (χ3v) is 4.30. The number of nitrogens with one attached hydrogen (secondary N) is 2. The van der Waals surface area contributed by atoms with E-state index in [0.717, 1.165) is 17.1 Å². The molecule has 2 amide bonds. The van der Waals surface area contributed by atoms with Crippen molar-refractivity contribution in [2.45, 2.75) is 6.92 Å². The number of hydrogen-bond acceptors (Lipinski definition) is 5. The molecule has 7 heteroatoms. The van der Waals surface area contributed by atoms with Crippen molar-refractivity contribution < 1.29 is 9.59 Å². The van der Waals surface area contributed by atoms with Gasteiger partial charge >= 0.3 is 0 Å². The molecule has 126 valence electrons. The van der Waals surface area contributed by atoms with E-state index in [1.165, 1.54) is 11.3 Å². The summed E-state index contributed by atoms with van der Waals surface area (Å²) in [5.41, 5.74) is 8.65. The van der Waals surface area contributed by atoms with Crippen LogP contribution in [0.5, 0.6) is 0 Å². The van der Waals surface area contributed by atoms with E-state index < -0.39 is 5.91 Å². The van der Waals surface area contributed by atoms with Crippen LogP contribution in [0.2, 0.25) is 0 Å². The number of nitrogens with two attached hydrogens (primary N) is 1. The highest BCUT2D eigenvalue weighted by Crippen LogP contribution is 2.20. The van der Waals surface area contributed by atoms with Gasteiger partial charge < -0.3 is 11.1 Å². The van der Waals surface area contributed by atoms with Crippen LogP contribution in [0.25, 0.3) is 0 Å². The van der Waals surface area contributed by atoms with Crippen molar-refractivity contribution in [3.8, 4) is 0 Å². The van der Waals surface area contributed by atoms with Crippen LogP contribution in [0.15, 0.2) is 53.9 Å². The van der Waals surface area contributed by atoms with Crippen molar-refractivity contribution in [2.24, 2.45) is 5.73 Å². The number of anilines is 3. The standard InChI is InChI=1S/C18H16N4O2S/c1-11-10-25-18(20-11)22-17(24)12-5-7-14(8-6-12)21-15-4-2-3-13(9-15)16(19)23/h2-10,21H,1H3,(H2,19,23)(H,20,22,24). The molecular formula is C18H16N4O2S.